The molecular weight excluding hydrogens is 256 g/mol. The summed E-state index contributed by atoms with van der Waals surface area (Å²) in [6.45, 7) is 3.69. The van der Waals surface area contributed by atoms with Crippen molar-refractivity contribution in [3.63, 3.8) is 0 Å². The number of hydrogen-bond acceptors (Lipinski definition) is 6. The van der Waals surface area contributed by atoms with Crippen LogP contribution in [0.5, 0.6) is 0 Å². The number of fused-ring (bicyclic) bond motifs is 1. The van der Waals surface area contributed by atoms with Crippen LogP contribution in [-0.4, -0.2) is 44.3 Å². The summed E-state index contributed by atoms with van der Waals surface area (Å²) in [5.41, 5.74) is 0.636. The summed E-state index contributed by atoms with van der Waals surface area (Å²) < 4.78 is 7.60. The van der Waals surface area contributed by atoms with Crippen molar-refractivity contribution in [3.8, 4) is 0 Å². The lowest BCUT2D eigenvalue weighted by molar-refractivity contribution is 0.000362. The van der Waals surface area contributed by atoms with E-state index in [-0.39, 0.29) is 0 Å². The van der Waals surface area contributed by atoms with Crippen LogP contribution in [0.3, 0.4) is 0 Å². The van der Waals surface area contributed by atoms with Gasteiger partial charge in [0.1, 0.15) is 5.82 Å². The molecule has 1 aliphatic rings. The van der Waals surface area contributed by atoms with Crippen molar-refractivity contribution in [2.24, 2.45) is 5.92 Å². The van der Waals surface area contributed by atoms with Crippen LogP contribution in [0.25, 0.3) is 5.65 Å². The molecular formula is C13H20N6O. The van der Waals surface area contributed by atoms with E-state index >= 15 is 0 Å². The Labute approximate surface area is 117 Å². The first kappa shape index (κ1) is 13.2. The zero-order valence-corrected chi connectivity index (χ0v) is 11.7. The molecule has 1 N–H and O–H groups in total. The van der Waals surface area contributed by atoms with Crippen molar-refractivity contribution in [3.05, 3.63) is 12.4 Å². The van der Waals surface area contributed by atoms with Crippen LogP contribution in [0.1, 0.15) is 32.6 Å². The summed E-state index contributed by atoms with van der Waals surface area (Å²) in [6, 6.07) is 0. The molecule has 20 heavy (non-hydrogen) atoms. The third-order valence-corrected chi connectivity index (χ3v) is 3.88. The van der Waals surface area contributed by atoms with E-state index in [4.69, 9.17) is 4.74 Å². The van der Waals surface area contributed by atoms with Crippen molar-refractivity contribution < 1.29 is 4.74 Å². The number of hydrogen-bond donors (Lipinski definition) is 1. The van der Waals surface area contributed by atoms with E-state index in [0.717, 1.165) is 12.4 Å². The van der Waals surface area contributed by atoms with Crippen LogP contribution >= 0.6 is 0 Å². The Kier molecular flexibility index (Phi) is 4.05. The molecule has 0 aromatic carbocycles. The van der Waals surface area contributed by atoms with E-state index in [2.05, 4.69) is 32.7 Å². The van der Waals surface area contributed by atoms with Gasteiger partial charge in [0.2, 0.25) is 0 Å². The average molecular weight is 276 g/mol. The number of rotatable bonds is 5. The topological polar surface area (TPSA) is 77.2 Å². The lowest BCUT2D eigenvalue weighted by atomic mass is 9.88. The third-order valence-electron chi connectivity index (χ3n) is 3.88. The minimum absolute atomic E-state index is 0.410. The summed E-state index contributed by atoms with van der Waals surface area (Å²) in [5, 5.41) is 14.7. The van der Waals surface area contributed by atoms with Crippen molar-refractivity contribution in [2.75, 3.05) is 18.5 Å². The fourth-order valence-corrected chi connectivity index (χ4v) is 2.72. The molecule has 1 fully saturated rings. The number of anilines is 1. The van der Waals surface area contributed by atoms with Crippen molar-refractivity contribution >= 4 is 11.5 Å². The van der Waals surface area contributed by atoms with E-state index in [0.29, 0.717) is 24.3 Å². The minimum atomic E-state index is 0.410. The lowest BCUT2D eigenvalue weighted by Crippen LogP contribution is -2.27. The van der Waals surface area contributed by atoms with Gasteiger partial charge in [0.05, 0.1) is 25.1 Å². The number of ether oxygens (including phenoxy) is 1. The molecule has 0 spiro atoms. The second-order valence-electron chi connectivity index (χ2n) is 5.34. The van der Waals surface area contributed by atoms with Gasteiger partial charge in [0.15, 0.2) is 5.65 Å². The van der Waals surface area contributed by atoms with Gasteiger partial charge in [-0.25, -0.2) is 0 Å². The maximum absolute atomic E-state index is 5.97. The normalized spacial score (nSPS) is 23.1. The van der Waals surface area contributed by atoms with E-state index in [9.17, 15) is 0 Å². The van der Waals surface area contributed by atoms with E-state index < -0.39 is 0 Å². The van der Waals surface area contributed by atoms with Crippen LogP contribution < -0.4 is 5.32 Å². The van der Waals surface area contributed by atoms with Crippen LogP contribution in [0, 0.1) is 5.92 Å². The minimum Gasteiger partial charge on any atom is -0.376 e. The van der Waals surface area contributed by atoms with Gasteiger partial charge in [0.25, 0.3) is 0 Å². The molecule has 0 saturated heterocycles. The molecule has 0 radical (unpaired) electrons. The summed E-state index contributed by atoms with van der Waals surface area (Å²) >= 11 is 0. The van der Waals surface area contributed by atoms with Crippen LogP contribution in [0.4, 0.5) is 5.82 Å². The van der Waals surface area contributed by atoms with Gasteiger partial charge >= 0.3 is 0 Å². The third kappa shape index (κ3) is 2.87. The molecule has 108 valence electrons. The number of nitrogens with one attached hydrogen (secondary N) is 1. The maximum Gasteiger partial charge on any atom is 0.199 e. The van der Waals surface area contributed by atoms with Gasteiger partial charge in [-0.2, -0.15) is 4.52 Å². The molecule has 2 heterocycles. The second kappa shape index (κ2) is 6.13. The Morgan fingerprint density at radius 3 is 3.15 bits per heavy atom. The van der Waals surface area contributed by atoms with E-state index in [1.807, 2.05) is 0 Å². The summed E-state index contributed by atoms with van der Waals surface area (Å²) in [6.07, 6.45) is 8.85. The first-order chi connectivity index (χ1) is 9.84. The zero-order valence-electron chi connectivity index (χ0n) is 11.7. The monoisotopic (exact) mass is 276 g/mol. The van der Waals surface area contributed by atoms with Crippen LogP contribution in [0.2, 0.25) is 0 Å². The molecule has 7 heteroatoms. The highest BCUT2D eigenvalue weighted by molar-refractivity contribution is 5.43. The molecule has 0 aliphatic heterocycles. The molecule has 2 aromatic rings. The van der Waals surface area contributed by atoms with Gasteiger partial charge in [-0.3, -0.25) is 4.98 Å². The number of aromatic nitrogens is 5. The fraction of sp³-hybridized carbons (Fsp3) is 0.692. The lowest BCUT2D eigenvalue weighted by Gasteiger charge is -2.28. The highest BCUT2D eigenvalue weighted by Crippen LogP contribution is 2.26. The molecule has 1 saturated carbocycles. The second-order valence-corrected chi connectivity index (χ2v) is 5.34. The number of tetrazole rings is 1. The Hall–Kier alpha value is -1.76. The van der Waals surface area contributed by atoms with Crippen LogP contribution in [0.15, 0.2) is 12.4 Å². The maximum atomic E-state index is 5.97. The Morgan fingerprint density at radius 2 is 2.25 bits per heavy atom. The van der Waals surface area contributed by atoms with Gasteiger partial charge in [0, 0.05) is 6.54 Å². The van der Waals surface area contributed by atoms with E-state index in [1.165, 1.54) is 25.7 Å². The zero-order chi connectivity index (χ0) is 13.8. The van der Waals surface area contributed by atoms with Gasteiger partial charge in [-0.15, -0.1) is 5.10 Å². The summed E-state index contributed by atoms with van der Waals surface area (Å²) in [5.74, 6) is 1.46. The first-order valence-electron chi connectivity index (χ1n) is 7.22. The standard InChI is InChI=1S/C13H20N6O/c1-10-4-2-3-5-11(10)20-7-6-15-12-8-14-9-13-16-17-18-19(12)13/h8-11,15H,2-7H2,1H3. The molecule has 2 atom stereocenters. The van der Waals surface area contributed by atoms with Crippen LogP contribution in [-0.2, 0) is 4.74 Å². The Bertz CT molecular complexity index is 557. The van der Waals surface area contributed by atoms with E-state index in [1.54, 1.807) is 16.9 Å². The van der Waals surface area contributed by atoms with Gasteiger partial charge in [-0.1, -0.05) is 19.8 Å². The SMILES string of the molecule is CC1CCCCC1OCCNc1cncc2nnnn12. The summed E-state index contributed by atoms with van der Waals surface area (Å²) in [7, 11) is 0. The average Bonchev–Trinajstić information content (AvgIpc) is 2.94. The molecule has 7 nitrogen and oxygen atoms in total. The largest absolute Gasteiger partial charge is 0.376 e. The Morgan fingerprint density at radius 1 is 1.35 bits per heavy atom. The molecule has 2 unspecified atom stereocenters. The molecule has 0 amide bonds. The first-order valence-corrected chi connectivity index (χ1v) is 7.22. The van der Waals surface area contributed by atoms with Gasteiger partial charge in [-0.05, 0) is 29.2 Å². The quantitative estimate of drug-likeness (QED) is 0.834. The van der Waals surface area contributed by atoms with Gasteiger partial charge < -0.3 is 10.1 Å². The highest BCUT2D eigenvalue weighted by Gasteiger charge is 2.21. The number of nitrogens with zero attached hydrogens (tertiary/aromatic N) is 5. The Balaban J connectivity index is 1.49. The predicted molar refractivity (Wildman–Crippen MR) is 74.4 cm³/mol. The van der Waals surface area contributed by atoms with Crippen molar-refractivity contribution in [1.82, 2.24) is 25.0 Å². The molecule has 3 rings (SSSR count). The summed E-state index contributed by atoms with van der Waals surface area (Å²) in [4.78, 5) is 4.10. The predicted octanol–water partition coefficient (Wildman–Crippen LogP) is 1.53. The highest BCUT2D eigenvalue weighted by atomic mass is 16.5. The smallest absolute Gasteiger partial charge is 0.199 e. The molecule has 2 aromatic heterocycles. The molecule has 0 bridgehead atoms. The van der Waals surface area contributed by atoms with Crippen molar-refractivity contribution in [2.45, 2.75) is 38.7 Å². The van der Waals surface area contributed by atoms with Crippen molar-refractivity contribution in [1.29, 1.82) is 0 Å². The fourth-order valence-electron chi connectivity index (χ4n) is 2.72. The molecule has 1 aliphatic carbocycles.